The Morgan fingerprint density at radius 1 is 1.02 bits per heavy atom. The van der Waals surface area contributed by atoms with Crippen molar-refractivity contribution < 1.29 is 19.8 Å². The molecule has 1 saturated heterocycles. The molecule has 2 aromatic carbocycles. The molecule has 1 aliphatic heterocycles. The van der Waals surface area contributed by atoms with E-state index < -0.39 is 24.2 Å². The van der Waals surface area contributed by atoms with E-state index in [1.54, 1.807) is 12.0 Å². The minimum absolute atomic E-state index is 0.110. The molecule has 0 spiro atoms. The highest BCUT2D eigenvalue weighted by molar-refractivity contribution is 5.82. The Kier molecular flexibility index (Phi) is 12.1. The Hall–Kier alpha value is -2.33. The lowest BCUT2D eigenvalue weighted by molar-refractivity contribution is -0.183. The largest absolute Gasteiger partial charge is 0.394 e. The van der Waals surface area contributed by atoms with E-state index in [-0.39, 0.29) is 18.6 Å². The maximum atomic E-state index is 14.1. The summed E-state index contributed by atoms with van der Waals surface area (Å²) in [6.07, 6.45) is 1.87. The fourth-order valence-corrected chi connectivity index (χ4v) is 9.16. The zero-order chi connectivity index (χ0) is 34.7. The minimum Gasteiger partial charge on any atom is -0.394 e. The molecule has 1 amide bonds. The zero-order valence-electron chi connectivity index (χ0n) is 30.7. The SMILES string of the molecule is CC(C)C[C@@H](CN(C)C)N(Cc1ccccc1)Cc1cccc(CN2O[C@@H](CO)[C@@H]([C@H](C)O)[C@H]2C(=O)N[C@H]2C[C@H]3C[C@@H]([C@@H]2C)C3(C)C)c1. The molecule has 4 aliphatic rings. The van der Waals surface area contributed by atoms with E-state index in [4.69, 9.17) is 4.84 Å². The number of benzene rings is 2. The van der Waals surface area contributed by atoms with Crippen LogP contribution in [0.1, 0.15) is 77.5 Å². The van der Waals surface area contributed by atoms with Gasteiger partial charge in [-0.3, -0.25) is 14.5 Å². The molecule has 1 heterocycles. The van der Waals surface area contributed by atoms with E-state index in [9.17, 15) is 15.0 Å². The van der Waals surface area contributed by atoms with Crippen molar-refractivity contribution in [3.63, 3.8) is 0 Å². The first-order valence-corrected chi connectivity index (χ1v) is 18.3. The fourth-order valence-electron chi connectivity index (χ4n) is 9.16. The van der Waals surface area contributed by atoms with Crippen molar-refractivity contribution in [1.29, 1.82) is 0 Å². The topological polar surface area (TPSA) is 88.5 Å². The average Bonchev–Trinajstić information content (AvgIpc) is 3.40. The number of likely N-dealkylation sites (N-methyl/N-ethyl adjacent to an activating group) is 1. The second-order valence-electron chi connectivity index (χ2n) is 16.5. The van der Waals surface area contributed by atoms with Gasteiger partial charge in [-0.25, -0.2) is 0 Å². The Balaban J connectivity index is 1.35. The van der Waals surface area contributed by atoms with Gasteiger partial charge >= 0.3 is 0 Å². The Morgan fingerprint density at radius 2 is 1.69 bits per heavy atom. The summed E-state index contributed by atoms with van der Waals surface area (Å²) in [6, 6.07) is 19.1. The van der Waals surface area contributed by atoms with Gasteiger partial charge in [-0.1, -0.05) is 89.2 Å². The molecule has 9 atom stereocenters. The highest BCUT2D eigenvalue weighted by atomic mass is 16.7. The number of hydroxylamine groups is 2. The van der Waals surface area contributed by atoms with E-state index in [0.717, 1.165) is 38.0 Å². The lowest BCUT2D eigenvalue weighted by atomic mass is 9.45. The van der Waals surface area contributed by atoms with Crippen LogP contribution >= 0.6 is 0 Å². The number of amides is 1. The quantitative estimate of drug-likeness (QED) is 0.238. The second kappa shape index (κ2) is 15.7. The van der Waals surface area contributed by atoms with Gasteiger partial charge in [-0.15, -0.1) is 0 Å². The third-order valence-corrected chi connectivity index (χ3v) is 11.8. The highest BCUT2D eigenvalue weighted by Gasteiger charge is 2.57. The molecular weight excluding hydrogens is 600 g/mol. The predicted octanol–water partition coefficient (Wildman–Crippen LogP) is 5.33. The molecular formula is C40H62N4O4. The normalized spacial score (nSPS) is 29.6. The van der Waals surface area contributed by atoms with Crippen LogP contribution in [0.3, 0.4) is 0 Å². The van der Waals surface area contributed by atoms with Crippen LogP contribution in [0.4, 0.5) is 0 Å². The van der Waals surface area contributed by atoms with Crippen LogP contribution in [-0.2, 0) is 29.3 Å². The van der Waals surface area contributed by atoms with Gasteiger partial charge in [0.25, 0.3) is 0 Å². The van der Waals surface area contributed by atoms with Gasteiger partial charge in [-0.05, 0) is 86.1 Å². The van der Waals surface area contributed by atoms with Crippen molar-refractivity contribution in [1.82, 2.24) is 20.2 Å². The number of aliphatic hydroxyl groups excluding tert-OH is 2. The van der Waals surface area contributed by atoms with Crippen LogP contribution in [0.15, 0.2) is 54.6 Å². The van der Waals surface area contributed by atoms with Gasteiger partial charge < -0.3 is 20.4 Å². The summed E-state index contributed by atoms with van der Waals surface area (Å²) in [5.74, 6) is 1.55. The maximum Gasteiger partial charge on any atom is 0.240 e. The minimum atomic E-state index is -0.813. The number of aliphatic hydroxyl groups is 2. The molecule has 3 N–H and O–H groups in total. The molecule has 8 heteroatoms. The number of fused-ring (bicyclic) bond motifs is 2. The van der Waals surface area contributed by atoms with Crippen LogP contribution < -0.4 is 5.32 Å². The maximum absolute atomic E-state index is 14.1. The number of hydrogen-bond donors (Lipinski definition) is 3. The van der Waals surface area contributed by atoms with E-state index >= 15 is 0 Å². The number of nitrogens with one attached hydrogen (secondary N) is 1. The first kappa shape index (κ1) is 36.9. The number of hydrogen-bond acceptors (Lipinski definition) is 7. The van der Waals surface area contributed by atoms with E-state index in [1.165, 1.54) is 17.5 Å². The van der Waals surface area contributed by atoms with Gasteiger partial charge in [0.2, 0.25) is 5.91 Å². The number of rotatable bonds is 15. The number of nitrogens with zero attached hydrogens (tertiary/aromatic N) is 3. The molecule has 266 valence electrons. The Labute approximate surface area is 289 Å². The fraction of sp³-hybridized carbons (Fsp3) is 0.675. The molecule has 3 saturated carbocycles. The molecule has 3 aliphatic carbocycles. The third-order valence-electron chi connectivity index (χ3n) is 11.8. The third kappa shape index (κ3) is 8.34. The molecule has 48 heavy (non-hydrogen) atoms. The van der Waals surface area contributed by atoms with Crippen molar-refractivity contribution in [2.24, 2.45) is 35.0 Å². The van der Waals surface area contributed by atoms with Crippen LogP contribution in [0.2, 0.25) is 0 Å². The van der Waals surface area contributed by atoms with Crippen LogP contribution in [0, 0.1) is 35.0 Å². The standard InChI is InChI=1S/C40H62N4O4/c1-26(2)17-33(24-42(7)8)43(21-29-13-10-9-11-14-29)22-30-15-12-16-31(18-30)23-44-38(37(28(4)46)36(25-45)48-44)39(47)41-35-20-32-19-34(27(35)3)40(32,5)6/h9-16,18,26-28,32-38,45-46H,17,19-25H2,1-8H3,(H,41,47)/t27-,28-,32+,33-,34-,35-,36-,37+,38-/m0/s1. The zero-order valence-corrected chi connectivity index (χ0v) is 30.7. The van der Waals surface area contributed by atoms with Gasteiger partial charge in [0.05, 0.1) is 19.3 Å². The average molecular weight is 663 g/mol. The van der Waals surface area contributed by atoms with E-state index in [0.29, 0.717) is 41.7 Å². The Bertz CT molecular complexity index is 1320. The lowest BCUT2D eigenvalue weighted by Gasteiger charge is -2.62. The van der Waals surface area contributed by atoms with Crippen molar-refractivity contribution in [2.75, 3.05) is 27.2 Å². The molecule has 2 bridgehead atoms. The first-order chi connectivity index (χ1) is 22.8. The molecule has 6 rings (SSSR count). The second-order valence-corrected chi connectivity index (χ2v) is 16.5. The van der Waals surface area contributed by atoms with Crippen LogP contribution in [0.5, 0.6) is 0 Å². The molecule has 8 nitrogen and oxygen atoms in total. The Morgan fingerprint density at radius 3 is 2.29 bits per heavy atom. The van der Waals surface area contributed by atoms with Crippen molar-refractivity contribution in [3.8, 4) is 0 Å². The van der Waals surface area contributed by atoms with Crippen molar-refractivity contribution >= 4 is 5.91 Å². The van der Waals surface area contributed by atoms with Gasteiger partial charge in [0, 0.05) is 37.6 Å². The van der Waals surface area contributed by atoms with Gasteiger partial charge in [0.1, 0.15) is 12.1 Å². The number of carbonyl (C=O) groups excluding carboxylic acids is 1. The summed E-state index contributed by atoms with van der Waals surface area (Å²) in [6.45, 7) is 16.1. The molecule has 0 aromatic heterocycles. The lowest BCUT2D eigenvalue weighted by Crippen LogP contribution is -2.62. The van der Waals surface area contributed by atoms with E-state index in [1.807, 2.05) is 0 Å². The summed E-state index contributed by atoms with van der Waals surface area (Å²) in [5.41, 5.74) is 3.87. The summed E-state index contributed by atoms with van der Waals surface area (Å²) in [5, 5.41) is 26.3. The molecule has 4 fully saturated rings. The highest BCUT2D eigenvalue weighted by Crippen LogP contribution is 2.61. The van der Waals surface area contributed by atoms with E-state index in [2.05, 4.69) is 118 Å². The van der Waals surface area contributed by atoms with Gasteiger partial charge in [-0.2, -0.15) is 5.06 Å². The van der Waals surface area contributed by atoms with Gasteiger partial charge in [0.15, 0.2) is 0 Å². The summed E-state index contributed by atoms with van der Waals surface area (Å²) in [7, 11) is 4.30. The van der Waals surface area contributed by atoms with Crippen LogP contribution in [-0.4, -0.2) is 88.6 Å². The molecule has 0 radical (unpaired) electrons. The van der Waals surface area contributed by atoms with Crippen molar-refractivity contribution in [3.05, 3.63) is 71.3 Å². The summed E-state index contributed by atoms with van der Waals surface area (Å²) in [4.78, 5) is 25.3. The van der Waals surface area contributed by atoms with Crippen LogP contribution in [0.25, 0.3) is 0 Å². The predicted molar refractivity (Wildman–Crippen MR) is 191 cm³/mol. The summed E-state index contributed by atoms with van der Waals surface area (Å²) >= 11 is 0. The first-order valence-electron chi connectivity index (χ1n) is 18.3. The molecule has 2 aromatic rings. The summed E-state index contributed by atoms with van der Waals surface area (Å²) < 4.78 is 0. The monoisotopic (exact) mass is 662 g/mol. The molecule has 0 unspecified atom stereocenters. The van der Waals surface area contributed by atoms with Crippen molar-refractivity contribution in [2.45, 2.75) is 111 Å². The smallest absolute Gasteiger partial charge is 0.240 e. The number of carbonyl (C=O) groups is 1.